The summed E-state index contributed by atoms with van der Waals surface area (Å²) < 4.78 is 60.7. The van der Waals surface area contributed by atoms with Gasteiger partial charge in [0.25, 0.3) is 0 Å². The maximum Gasteiger partial charge on any atom is 0.241 e. The number of ether oxygens (including phenoxy) is 2. The predicted octanol–water partition coefficient (Wildman–Crippen LogP) is 0.559. The van der Waals surface area contributed by atoms with Crippen molar-refractivity contribution in [1.29, 1.82) is 0 Å². The summed E-state index contributed by atoms with van der Waals surface area (Å²) in [6.45, 7) is 1.59. The van der Waals surface area contributed by atoms with E-state index in [0.717, 1.165) is 0 Å². The number of sulfonamides is 1. The summed E-state index contributed by atoms with van der Waals surface area (Å²) >= 11 is 0. The van der Waals surface area contributed by atoms with Crippen molar-refractivity contribution in [3.05, 3.63) is 18.2 Å². The average molecular weight is 349 g/mol. The molecular formula is C13H19NO6S2. The highest BCUT2D eigenvalue weighted by Gasteiger charge is 2.41. The molecule has 7 nitrogen and oxygen atoms in total. The fraction of sp³-hybridized carbons (Fsp3) is 0.538. The quantitative estimate of drug-likeness (QED) is 0.834. The summed E-state index contributed by atoms with van der Waals surface area (Å²) in [5.41, 5.74) is -0.995. The molecule has 0 aliphatic carbocycles. The van der Waals surface area contributed by atoms with Crippen molar-refractivity contribution >= 4 is 19.9 Å². The lowest BCUT2D eigenvalue weighted by Crippen LogP contribution is -2.46. The van der Waals surface area contributed by atoms with Crippen LogP contribution in [0.3, 0.4) is 0 Å². The number of benzene rings is 1. The lowest BCUT2D eigenvalue weighted by atomic mass is 10.0. The number of hydrogen-bond acceptors (Lipinski definition) is 6. The smallest absolute Gasteiger partial charge is 0.241 e. The Morgan fingerprint density at radius 2 is 1.82 bits per heavy atom. The van der Waals surface area contributed by atoms with Gasteiger partial charge in [0, 0.05) is 11.6 Å². The molecule has 9 heteroatoms. The van der Waals surface area contributed by atoms with Crippen LogP contribution in [0.2, 0.25) is 0 Å². The molecule has 0 unspecified atom stereocenters. The molecule has 0 spiro atoms. The van der Waals surface area contributed by atoms with Gasteiger partial charge >= 0.3 is 0 Å². The van der Waals surface area contributed by atoms with E-state index in [0.29, 0.717) is 5.75 Å². The van der Waals surface area contributed by atoms with Gasteiger partial charge in [0.15, 0.2) is 21.3 Å². The van der Waals surface area contributed by atoms with Gasteiger partial charge in [-0.2, -0.15) is 0 Å². The average Bonchev–Trinajstić information content (AvgIpc) is 2.70. The molecule has 0 aromatic heterocycles. The van der Waals surface area contributed by atoms with Crippen LogP contribution in [0, 0.1) is 0 Å². The second-order valence-electron chi connectivity index (χ2n) is 5.52. The third-order valence-electron chi connectivity index (χ3n) is 3.55. The topological polar surface area (TPSA) is 98.8 Å². The number of hydrogen-bond donors (Lipinski definition) is 1. The van der Waals surface area contributed by atoms with Crippen molar-refractivity contribution in [2.24, 2.45) is 0 Å². The first-order valence-electron chi connectivity index (χ1n) is 6.57. The first-order chi connectivity index (χ1) is 10.1. The van der Waals surface area contributed by atoms with Crippen LogP contribution in [0.5, 0.6) is 11.5 Å². The Morgan fingerprint density at radius 3 is 2.32 bits per heavy atom. The molecule has 0 saturated carbocycles. The monoisotopic (exact) mass is 349 g/mol. The Kier molecular flexibility index (Phi) is 4.42. The van der Waals surface area contributed by atoms with E-state index in [1.54, 1.807) is 6.92 Å². The molecule has 1 fully saturated rings. The van der Waals surface area contributed by atoms with Gasteiger partial charge in [-0.25, -0.2) is 21.6 Å². The van der Waals surface area contributed by atoms with E-state index in [2.05, 4.69) is 4.72 Å². The molecule has 0 radical (unpaired) electrons. The van der Waals surface area contributed by atoms with Crippen molar-refractivity contribution < 1.29 is 26.3 Å². The summed E-state index contributed by atoms with van der Waals surface area (Å²) in [5.74, 6) is 0.482. The van der Waals surface area contributed by atoms with Crippen LogP contribution in [0.25, 0.3) is 0 Å². The highest BCUT2D eigenvalue weighted by atomic mass is 32.2. The molecule has 1 aromatic rings. The molecule has 1 atom stereocenters. The van der Waals surface area contributed by atoms with Crippen LogP contribution < -0.4 is 14.2 Å². The first kappa shape index (κ1) is 17.0. The lowest BCUT2D eigenvalue weighted by Gasteiger charge is -2.23. The largest absolute Gasteiger partial charge is 0.493 e. The van der Waals surface area contributed by atoms with E-state index in [4.69, 9.17) is 9.47 Å². The van der Waals surface area contributed by atoms with E-state index >= 15 is 0 Å². The Hall–Kier alpha value is -1.32. The number of nitrogens with one attached hydrogen (secondary N) is 1. The molecule has 22 heavy (non-hydrogen) atoms. The van der Waals surface area contributed by atoms with Gasteiger partial charge < -0.3 is 9.47 Å². The van der Waals surface area contributed by atoms with Crippen molar-refractivity contribution in [3.8, 4) is 11.5 Å². The SMILES string of the molecule is COc1ccc(S(=O)(=O)N[C@@]2(C)CCS(=O)(=O)C2)cc1OC. The molecule has 2 rings (SSSR count). The lowest BCUT2D eigenvalue weighted by molar-refractivity contribution is 0.353. The normalized spacial score (nSPS) is 24.1. The summed E-state index contributed by atoms with van der Waals surface area (Å²) in [6, 6.07) is 4.21. The minimum absolute atomic E-state index is 0.00401. The van der Waals surface area contributed by atoms with E-state index in [1.165, 1.54) is 32.4 Å². The summed E-state index contributed by atoms with van der Waals surface area (Å²) in [4.78, 5) is -0.00401. The molecule has 0 bridgehead atoms. The van der Waals surface area contributed by atoms with E-state index in [9.17, 15) is 16.8 Å². The van der Waals surface area contributed by atoms with E-state index in [1.807, 2.05) is 0 Å². The number of methoxy groups -OCH3 is 2. The molecule has 124 valence electrons. The predicted molar refractivity (Wildman–Crippen MR) is 81.5 cm³/mol. The van der Waals surface area contributed by atoms with Gasteiger partial charge in [-0.05, 0) is 25.5 Å². The molecular weight excluding hydrogens is 330 g/mol. The van der Waals surface area contributed by atoms with Crippen LogP contribution in [-0.4, -0.2) is 48.1 Å². The summed E-state index contributed by atoms with van der Waals surface area (Å²) in [5, 5.41) is 0. The fourth-order valence-corrected chi connectivity index (χ4v) is 6.09. The number of sulfone groups is 1. The van der Waals surface area contributed by atoms with Gasteiger partial charge in [0.2, 0.25) is 10.0 Å². The van der Waals surface area contributed by atoms with Gasteiger partial charge in [-0.15, -0.1) is 0 Å². The Labute approximate surface area is 130 Å². The van der Waals surface area contributed by atoms with Crippen LogP contribution in [0.4, 0.5) is 0 Å². The second kappa shape index (κ2) is 5.71. The molecule has 1 N–H and O–H groups in total. The van der Waals surface area contributed by atoms with Crippen LogP contribution in [-0.2, 0) is 19.9 Å². The Bertz CT molecular complexity index is 772. The van der Waals surface area contributed by atoms with Gasteiger partial charge in [-0.3, -0.25) is 0 Å². The minimum Gasteiger partial charge on any atom is -0.493 e. The molecule has 1 aromatic carbocycles. The van der Waals surface area contributed by atoms with E-state index in [-0.39, 0.29) is 28.6 Å². The summed E-state index contributed by atoms with van der Waals surface area (Å²) in [7, 11) is -4.20. The first-order valence-corrected chi connectivity index (χ1v) is 9.88. The zero-order valence-corrected chi connectivity index (χ0v) is 14.3. The maximum atomic E-state index is 12.5. The molecule has 1 saturated heterocycles. The van der Waals surface area contributed by atoms with Crippen molar-refractivity contribution in [2.45, 2.75) is 23.8 Å². The number of rotatable bonds is 5. The van der Waals surface area contributed by atoms with Crippen LogP contribution >= 0.6 is 0 Å². The van der Waals surface area contributed by atoms with Crippen LogP contribution in [0.1, 0.15) is 13.3 Å². The van der Waals surface area contributed by atoms with Crippen LogP contribution in [0.15, 0.2) is 23.1 Å². The zero-order chi connectivity index (χ0) is 16.6. The van der Waals surface area contributed by atoms with E-state index < -0.39 is 25.4 Å². The molecule has 0 amide bonds. The van der Waals surface area contributed by atoms with Gasteiger partial charge in [0.05, 0.1) is 30.6 Å². The standard InChI is InChI=1S/C13H19NO6S2/c1-13(6-7-21(15,16)9-13)14-22(17,18)10-4-5-11(19-2)12(8-10)20-3/h4-5,8,14H,6-7,9H2,1-3H3/t13-/m0/s1. The zero-order valence-electron chi connectivity index (χ0n) is 12.6. The third kappa shape index (κ3) is 3.53. The Morgan fingerprint density at radius 1 is 1.18 bits per heavy atom. The third-order valence-corrected chi connectivity index (χ3v) is 7.09. The molecule has 1 aliphatic heterocycles. The highest BCUT2D eigenvalue weighted by Crippen LogP contribution is 2.31. The molecule has 1 aliphatic rings. The Balaban J connectivity index is 2.32. The van der Waals surface area contributed by atoms with Gasteiger partial charge in [-0.1, -0.05) is 0 Å². The minimum atomic E-state index is -3.86. The highest BCUT2D eigenvalue weighted by molar-refractivity contribution is 7.92. The van der Waals surface area contributed by atoms with Crippen molar-refractivity contribution in [2.75, 3.05) is 25.7 Å². The van der Waals surface area contributed by atoms with Crippen molar-refractivity contribution in [3.63, 3.8) is 0 Å². The van der Waals surface area contributed by atoms with Gasteiger partial charge in [0.1, 0.15) is 0 Å². The maximum absolute atomic E-state index is 12.5. The fourth-order valence-electron chi connectivity index (χ4n) is 2.46. The second-order valence-corrected chi connectivity index (χ2v) is 9.39. The summed E-state index contributed by atoms with van der Waals surface area (Å²) in [6.07, 6.45) is 0.252. The molecule has 1 heterocycles. The van der Waals surface area contributed by atoms with Crippen molar-refractivity contribution in [1.82, 2.24) is 4.72 Å².